The topological polar surface area (TPSA) is 89.6 Å². The van der Waals surface area contributed by atoms with Gasteiger partial charge in [0.2, 0.25) is 5.89 Å². The fourth-order valence-electron chi connectivity index (χ4n) is 3.61. The van der Waals surface area contributed by atoms with E-state index in [0.717, 1.165) is 41.0 Å². The predicted molar refractivity (Wildman–Crippen MR) is 117 cm³/mol. The molecule has 0 aliphatic carbocycles. The minimum Gasteiger partial charge on any atom is -0.439 e. The van der Waals surface area contributed by atoms with Crippen molar-refractivity contribution in [1.29, 1.82) is 0 Å². The van der Waals surface area contributed by atoms with E-state index in [1.54, 1.807) is 6.20 Å². The predicted octanol–water partition coefficient (Wildman–Crippen LogP) is 4.49. The summed E-state index contributed by atoms with van der Waals surface area (Å²) in [7, 11) is 0. The van der Waals surface area contributed by atoms with Gasteiger partial charge in [-0.3, -0.25) is 4.79 Å². The molecule has 1 aliphatic heterocycles. The zero-order valence-electron chi connectivity index (χ0n) is 16.2. The van der Waals surface area contributed by atoms with E-state index in [-0.39, 0.29) is 10.8 Å². The highest BCUT2D eigenvalue weighted by molar-refractivity contribution is 7.99. The van der Waals surface area contributed by atoms with Crippen molar-refractivity contribution in [3.8, 4) is 0 Å². The standard InChI is InChI=1S/C20H21N5O2S2/c1-11-3-4-15-16(9-11)27-19(22-15)12(2)29-20-23-17-14(18(26)24-20)10-21-25(17)13-5-7-28-8-6-13/h3-4,9-10,12-13H,5-8H2,1-2H3,(H,23,24,26). The summed E-state index contributed by atoms with van der Waals surface area (Å²) in [6.07, 6.45) is 3.73. The molecular formula is C20H21N5O2S2. The maximum Gasteiger partial charge on any atom is 0.262 e. The van der Waals surface area contributed by atoms with Crippen LogP contribution < -0.4 is 5.56 Å². The normalized spacial score (nSPS) is 16.6. The number of hydrogen-bond donors (Lipinski definition) is 1. The number of thioether (sulfide) groups is 2. The van der Waals surface area contributed by atoms with Gasteiger partial charge >= 0.3 is 0 Å². The first-order chi connectivity index (χ1) is 14.1. The van der Waals surface area contributed by atoms with Crippen molar-refractivity contribution in [2.45, 2.75) is 43.1 Å². The first kappa shape index (κ1) is 18.7. The molecule has 0 radical (unpaired) electrons. The lowest BCUT2D eigenvalue weighted by molar-refractivity contribution is 0.436. The minimum atomic E-state index is -0.158. The van der Waals surface area contributed by atoms with E-state index in [1.807, 2.05) is 48.5 Å². The number of aryl methyl sites for hydroxylation is 1. The van der Waals surface area contributed by atoms with Gasteiger partial charge < -0.3 is 9.40 Å². The van der Waals surface area contributed by atoms with Gasteiger partial charge in [0.05, 0.1) is 17.5 Å². The van der Waals surface area contributed by atoms with Crippen LogP contribution in [0.2, 0.25) is 0 Å². The molecule has 1 fully saturated rings. The Balaban J connectivity index is 1.46. The van der Waals surface area contributed by atoms with Crippen LogP contribution in [0.3, 0.4) is 0 Å². The molecule has 1 atom stereocenters. The Morgan fingerprint density at radius 2 is 2.14 bits per heavy atom. The van der Waals surface area contributed by atoms with Crippen LogP contribution in [-0.4, -0.2) is 36.2 Å². The Kier molecular flexibility index (Phi) is 4.87. The monoisotopic (exact) mass is 427 g/mol. The molecule has 0 saturated carbocycles. The van der Waals surface area contributed by atoms with Crippen LogP contribution in [0.1, 0.15) is 42.5 Å². The van der Waals surface area contributed by atoms with Crippen LogP contribution in [-0.2, 0) is 0 Å². The second-order valence-electron chi connectivity index (χ2n) is 7.32. The van der Waals surface area contributed by atoms with E-state index in [1.165, 1.54) is 11.8 Å². The highest BCUT2D eigenvalue weighted by atomic mass is 32.2. The summed E-state index contributed by atoms with van der Waals surface area (Å²) >= 11 is 3.40. The van der Waals surface area contributed by atoms with Gasteiger partial charge in [-0.15, -0.1) is 0 Å². The van der Waals surface area contributed by atoms with Gasteiger partial charge in [-0.05, 0) is 55.9 Å². The highest BCUT2D eigenvalue weighted by Gasteiger charge is 2.22. The lowest BCUT2D eigenvalue weighted by Crippen LogP contribution is -2.18. The van der Waals surface area contributed by atoms with E-state index in [9.17, 15) is 4.79 Å². The number of aromatic nitrogens is 5. The van der Waals surface area contributed by atoms with Crippen LogP contribution in [0.4, 0.5) is 0 Å². The molecule has 1 aromatic carbocycles. The van der Waals surface area contributed by atoms with Crippen LogP contribution in [0.5, 0.6) is 0 Å². The van der Waals surface area contributed by atoms with Crippen molar-refractivity contribution in [2.24, 2.45) is 0 Å². The average Bonchev–Trinajstić information content (AvgIpc) is 3.33. The molecule has 0 bridgehead atoms. The molecule has 29 heavy (non-hydrogen) atoms. The van der Waals surface area contributed by atoms with Gasteiger partial charge in [0, 0.05) is 0 Å². The molecule has 1 unspecified atom stereocenters. The zero-order valence-corrected chi connectivity index (χ0v) is 17.8. The fraction of sp³-hybridized carbons (Fsp3) is 0.400. The molecule has 0 amide bonds. The van der Waals surface area contributed by atoms with Gasteiger partial charge in [0.15, 0.2) is 16.4 Å². The number of oxazole rings is 1. The molecule has 4 aromatic rings. The van der Waals surface area contributed by atoms with E-state index >= 15 is 0 Å². The van der Waals surface area contributed by atoms with E-state index < -0.39 is 0 Å². The number of rotatable bonds is 4. The number of benzene rings is 1. The number of aromatic amines is 1. The molecule has 7 nitrogen and oxygen atoms in total. The van der Waals surface area contributed by atoms with Crippen molar-refractivity contribution >= 4 is 45.7 Å². The SMILES string of the molecule is Cc1ccc2nc(C(C)Sc3nc4c(cnn4C4CCSCC4)c(=O)[nH]3)oc2c1. The number of fused-ring (bicyclic) bond motifs is 2. The molecule has 5 rings (SSSR count). The Morgan fingerprint density at radius 1 is 1.31 bits per heavy atom. The minimum absolute atomic E-state index is 0.0919. The third kappa shape index (κ3) is 3.57. The van der Waals surface area contributed by atoms with Gasteiger partial charge in [-0.25, -0.2) is 14.6 Å². The summed E-state index contributed by atoms with van der Waals surface area (Å²) < 4.78 is 7.86. The first-order valence-corrected chi connectivity index (χ1v) is 11.7. The van der Waals surface area contributed by atoms with Crippen LogP contribution in [0.25, 0.3) is 22.1 Å². The Hall–Kier alpha value is -2.26. The van der Waals surface area contributed by atoms with Crippen molar-refractivity contribution in [3.63, 3.8) is 0 Å². The molecule has 1 saturated heterocycles. The molecular weight excluding hydrogens is 406 g/mol. The van der Waals surface area contributed by atoms with Crippen molar-refractivity contribution in [2.75, 3.05) is 11.5 Å². The lowest BCUT2D eigenvalue weighted by atomic mass is 10.1. The number of H-pyrrole nitrogens is 1. The molecule has 0 spiro atoms. The zero-order chi connectivity index (χ0) is 20.0. The molecule has 4 heterocycles. The summed E-state index contributed by atoms with van der Waals surface area (Å²) in [5.74, 6) is 2.85. The summed E-state index contributed by atoms with van der Waals surface area (Å²) in [6, 6.07) is 6.27. The third-order valence-corrected chi connectivity index (χ3v) is 7.20. The summed E-state index contributed by atoms with van der Waals surface area (Å²) in [6.45, 7) is 4.03. The largest absolute Gasteiger partial charge is 0.439 e. The molecule has 9 heteroatoms. The Labute approximate surface area is 175 Å². The smallest absolute Gasteiger partial charge is 0.262 e. The van der Waals surface area contributed by atoms with Crippen LogP contribution >= 0.6 is 23.5 Å². The number of nitrogens with one attached hydrogen (secondary N) is 1. The van der Waals surface area contributed by atoms with E-state index in [2.05, 4.69) is 15.1 Å². The maximum absolute atomic E-state index is 12.6. The first-order valence-electron chi connectivity index (χ1n) is 9.67. The molecule has 3 aromatic heterocycles. The average molecular weight is 428 g/mol. The second-order valence-corrected chi connectivity index (χ2v) is 9.88. The summed E-state index contributed by atoms with van der Waals surface area (Å²) in [4.78, 5) is 24.8. The van der Waals surface area contributed by atoms with Gasteiger partial charge in [0.1, 0.15) is 10.9 Å². The molecule has 1 aliphatic rings. The highest BCUT2D eigenvalue weighted by Crippen LogP contribution is 2.34. The van der Waals surface area contributed by atoms with E-state index in [4.69, 9.17) is 9.40 Å². The maximum atomic E-state index is 12.6. The quantitative estimate of drug-likeness (QED) is 0.379. The Morgan fingerprint density at radius 3 is 2.97 bits per heavy atom. The molecule has 1 N–H and O–H groups in total. The number of nitrogens with zero attached hydrogens (tertiary/aromatic N) is 4. The van der Waals surface area contributed by atoms with Crippen molar-refractivity contribution in [3.05, 3.63) is 46.2 Å². The fourth-order valence-corrected chi connectivity index (χ4v) is 5.52. The van der Waals surface area contributed by atoms with Gasteiger partial charge in [-0.2, -0.15) is 16.9 Å². The Bertz CT molecular complexity index is 1240. The van der Waals surface area contributed by atoms with E-state index in [0.29, 0.717) is 28.1 Å². The molecule has 150 valence electrons. The van der Waals surface area contributed by atoms with Crippen molar-refractivity contribution in [1.82, 2.24) is 24.7 Å². The summed E-state index contributed by atoms with van der Waals surface area (Å²) in [5, 5.41) is 5.48. The van der Waals surface area contributed by atoms with Gasteiger partial charge in [0.25, 0.3) is 5.56 Å². The summed E-state index contributed by atoms with van der Waals surface area (Å²) in [5.41, 5.74) is 3.25. The lowest BCUT2D eigenvalue weighted by Gasteiger charge is -2.22. The van der Waals surface area contributed by atoms with Crippen LogP contribution in [0.15, 0.2) is 38.8 Å². The third-order valence-electron chi connectivity index (χ3n) is 5.18. The van der Waals surface area contributed by atoms with Crippen LogP contribution in [0, 0.1) is 6.92 Å². The van der Waals surface area contributed by atoms with Gasteiger partial charge in [-0.1, -0.05) is 17.8 Å². The second kappa shape index (κ2) is 7.53. The number of hydrogen-bond acceptors (Lipinski definition) is 7. The van der Waals surface area contributed by atoms with Crippen molar-refractivity contribution < 1.29 is 4.42 Å².